The summed E-state index contributed by atoms with van der Waals surface area (Å²) in [6, 6.07) is 19.1. The van der Waals surface area contributed by atoms with Crippen LogP contribution in [0.5, 0.6) is 0 Å². The number of benzene rings is 3. The third-order valence-electron chi connectivity index (χ3n) is 5.29. The van der Waals surface area contributed by atoms with Crippen molar-refractivity contribution in [3.63, 3.8) is 0 Å². The molecular weight excluding hydrogens is 366 g/mol. The number of fused-ring (bicyclic) bond motifs is 1. The van der Waals surface area contributed by atoms with Crippen molar-refractivity contribution in [3.8, 4) is 23.5 Å². The van der Waals surface area contributed by atoms with Gasteiger partial charge in [0.05, 0.1) is 4.90 Å². The second kappa shape index (κ2) is 6.94. The van der Waals surface area contributed by atoms with Gasteiger partial charge in [0.1, 0.15) is 0 Å². The maximum absolute atomic E-state index is 13.1. The normalized spacial score (nSPS) is 13.9. The largest absolute Gasteiger partial charge is 0.243 e. The van der Waals surface area contributed by atoms with Crippen LogP contribution < -0.4 is 0 Å². The standard InChI is InChI=1S/C24H21NO2S/c1-4-19-13-20(23-8-6-5-7-18(23)3)14-21-15-25(16-24(19)21)28(26,27)22-11-9-17(2)10-12-22/h1,5-14H,15-16H2,2-3H3. The van der Waals surface area contributed by atoms with Gasteiger partial charge >= 0.3 is 0 Å². The van der Waals surface area contributed by atoms with Crippen molar-refractivity contribution in [1.29, 1.82) is 0 Å². The van der Waals surface area contributed by atoms with E-state index in [2.05, 4.69) is 31.0 Å². The molecule has 0 aliphatic carbocycles. The van der Waals surface area contributed by atoms with Crippen LogP contribution in [0.15, 0.2) is 65.6 Å². The molecule has 0 amide bonds. The molecule has 0 radical (unpaired) electrons. The van der Waals surface area contributed by atoms with Crippen molar-refractivity contribution in [2.45, 2.75) is 31.8 Å². The van der Waals surface area contributed by atoms with Crippen molar-refractivity contribution < 1.29 is 8.42 Å². The maximum Gasteiger partial charge on any atom is 0.243 e. The Morgan fingerprint density at radius 2 is 1.68 bits per heavy atom. The molecule has 3 aromatic rings. The van der Waals surface area contributed by atoms with Crippen LogP contribution >= 0.6 is 0 Å². The van der Waals surface area contributed by atoms with Crippen molar-refractivity contribution in [2.24, 2.45) is 0 Å². The van der Waals surface area contributed by atoms with Crippen molar-refractivity contribution in [2.75, 3.05) is 0 Å². The first-order valence-electron chi connectivity index (χ1n) is 9.15. The van der Waals surface area contributed by atoms with E-state index in [9.17, 15) is 8.42 Å². The van der Waals surface area contributed by atoms with Crippen LogP contribution in [-0.4, -0.2) is 12.7 Å². The van der Waals surface area contributed by atoms with Gasteiger partial charge in [0, 0.05) is 18.7 Å². The second-order valence-corrected chi connectivity index (χ2v) is 9.14. The summed E-state index contributed by atoms with van der Waals surface area (Å²) in [5.41, 5.74) is 6.99. The lowest BCUT2D eigenvalue weighted by Gasteiger charge is -2.15. The third kappa shape index (κ3) is 3.13. The lowest BCUT2D eigenvalue weighted by molar-refractivity contribution is 0.431. The van der Waals surface area contributed by atoms with E-state index in [1.165, 1.54) is 4.31 Å². The molecule has 1 aliphatic heterocycles. The average molecular weight is 388 g/mol. The highest BCUT2D eigenvalue weighted by Gasteiger charge is 2.32. The second-order valence-electron chi connectivity index (χ2n) is 7.21. The number of hydrogen-bond acceptors (Lipinski definition) is 2. The summed E-state index contributed by atoms with van der Waals surface area (Å²) in [6.07, 6.45) is 5.77. The van der Waals surface area contributed by atoms with Crippen molar-refractivity contribution in [3.05, 3.63) is 88.5 Å². The van der Waals surface area contributed by atoms with E-state index >= 15 is 0 Å². The molecule has 1 heterocycles. The SMILES string of the molecule is C#Cc1cc(-c2ccccc2C)cc2c1CN(S(=O)(=O)c1ccc(C)cc1)C2. The zero-order valence-electron chi connectivity index (χ0n) is 15.9. The molecule has 0 fully saturated rings. The molecule has 140 valence electrons. The number of terminal acetylenes is 1. The van der Waals surface area contributed by atoms with E-state index < -0.39 is 10.0 Å². The van der Waals surface area contributed by atoms with Gasteiger partial charge in [-0.2, -0.15) is 4.31 Å². The predicted octanol–water partition coefficient (Wildman–Crippen LogP) is 4.66. The Morgan fingerprint density at radius 1 is 0.964 bits per heavy atom. The first kappa shape index (κ1) is 18.5. The first-order valence-corrected chi connectivity index (χ1v) is 10.6. The quantitative estimate of drug-likeness (QED) is 0.613. The summed E-state index contributed by atoms with van der Waals surface area (Å²) in [4.78, 5) is 0.312. The van der Waals surface area contributed by atoms with Gasteiger partial charge in [-0.1, -0.05) is 47.9 Å². The molecule has 0 N–H and O–H groups in total. The van der Waals surface area contributed by atoms with Gasteiger partial charge in [-0.3, -0.25) is 0 Å². The summed E-state index contributed by atoms with van der Waals surface area (Å²) in [5, 5.41) is 0. The summed E-state index contributed by atoms with van der Waals surface area (Å²) < 4.78 is 27.7. The van der Waals surface area contributed by atoms with E-state index in [-0.39, 0.29) is 0 Å². The van der Waals surface area contributed by atoms with Crippen LogP contribution in [0.3, 0.4) is 0 Å². The molecule has 4 heteroatoms. The van der Waals surface area contributed by atoms with Crippen LogP contribution in [-0.2, 0) is 23.1 Å². The zero-order valence-corrected chi connectivity index (χ0v) is 16.8. The van der Waals surface area contributed by atoms with Gasteiger partial charge in [0.15, 0.2) is 0 Å². The number of rotatable bonds is 3. The molecule has 0 bridgehead atoms. The zero-order chi connectivity index (χ0) is 19.9. The lowest BCUT2D eigenvalue weighted by Crippen LogP contribution is -2.25. The lowest BCUT2D eigenvalue weighted by atomic mass is 9.94. The van der Waals surface area contributed by atoms with Gasteiger partial charge in [0.2, 0.25) is 10.0 Å². The number of aryl methyl sites for hydroxylation is 2. The molecule has 0 saturated heterocycles. The van der Waals surface area contributed by atoms with Gasteiger partial charge in [0.25, 0.3) is 0 Å². The molecule has 0 atom stereocenters. The molecule has 0 unspecified atom stereocenters. The first-order chi connectivity index (χ1) is 13.4. The number of hydrogen-bond donors (Lipinski definition) is 0. The van der Waals surface area contributed by atoms with E-state index in [0.29, 0.717) is 18.0 Å². The molecule has 0 spiro atoms. The monoisotopic (exact) mass is 387 g/mol. The minimum atomic E-state index is -3.57. The van der Waals surface area contributed by atoms with Gasteiger partial charge < -0.3 is 0 Å². The Hall–Kier alpha value is -2.87. The summed E-state index contributed by atoms with van der Waals surface area (Å²) in [6.45, 7) is 4.64. The summed E-state index contributed by atoms with van der Waals surface area (Å²) in [5.74, 6) is 2.75. The Balaban J connectivity index is 1.75. The molecule has 4 rings (SSSR count). The topological polar surface area (TPSA) is 37.4 Å². The molecule has 0 aromatic heterocycles. The van der Waals surface area contributed by atoms with E-state index in [0.717, 1.165) is 38.9 Å². The maximum atomic E-state index is 13.1. The van der Waals surface area contributed by atoms with Crippen LogP contribution in [0.25, 0.3) is 11.1 Å². The van der Waals surface area contributed by atoms with E-state index in [4.69, 9.17) is 6.42 Å². The van der Waals surface area contributed by atoms with Crippen LogP contribution in [0.1, 0.15) is 27.8 Å². The fourth-order valence-corrected chi connectivity index (χ4v) is 5.08. The fourth-order valence-electron chi connectivity index (χ4n) is 3.69. The summed E-state index contributed by atoms with van der Waals surface area (Å²) >= 11 is 0. The fraction of sp³-hybridized carbons (Fsp3) is 0.167. The van der Waals surface area contributed by atoms with Gasteiger partial charge in [-0.25, -0.2) is 8.42 Å². The smallest absolute Gasteiger partial charge is 0.207 e. The van der Waals surface area contributed by atoms with Gasteiger partial charge in [-0.15, -0.1) is 6.42 Å². The molecule has 1 aliphatic rings. The molecule has 28 heavy (non-hydrogen) atoms. The predicted molar refractivity (Wildman–Crippen MR) is 112 cm³/mol. The minimum absolute atomic E-state index is 0.305. The third-order valence-corrected chi connectivity index (χ3v) is 7.10. The average Bonchev–Trinajstić information content (AvgIpc) is 3.13. The van der Waals surface area contributed by atoms with Crippen molar-refractivity contribution >= 4 is 10.0 Å². The van der Waals surface area contributed by atoms with Crippen LogP contribution in [0.4, 0.5) is 0 Å². The van der Waals surface area contributed by atoms with E-state index in [1.807, 2.05) is 37.3 Å². The van der Waals surface area contributed by atoms with Crippen LogP contribution in [0.2, 0.25) is 0 Å². The van der Waals surface area contributed by atoms with Crippen molar-refractivity contribution in [1.82, 2.24) is 4.31 Å². The highest BCUT2D eigenvalue weighted by atomic mass is 32.2. The Bertz CT molecular complexity index is 1200. The molecular formula is C24H21NO2S. The highest BCUT2D eigenvalue weighted by Crippen LogP contribution is 2.35. The summed E-state index contributed by atoms with van der Waals surface area (Å²) in [7, 11) is -3.57. The van der Waals surface area contributed by atoms with E-state index in [1.54, 1.807) is 12.1 Å². The number of nitrogens with zero attached hydrogens (tertiary/aromatic N) is 1. The Morgan fingerprint density at radius 3 is 2.36 bits per heavy atom. The number of sulfonamides is 1. The highest BCUT2D eigenvalue weighted by molar-refractivity contribution is 7.89. The Labute approximate surface area is 166 Å². The molecule has 3 aromatic carbocycles. The Kier molecular flexibility index (Phi) is 4.58. The molecule has 0 saturated carbocycles. The van der Waals surface area contributed by atoms with Crippen LogP contribution in [0, 0.1) is 26.2 Å². The minimum Gasteiger partial charge on any atom is -0.207 e. The molecule has 3 nitrogen and oxygen atoms in total. The van der Waals surface area contributed by atoms with Gasteiger partial charge in [-0.05, 0) is 65.9 Å².